The van der Waals surface area contributed by atoms with E-state index >= 15 is 0 Å². The molecule has 142 valence electrons. The zero-order chi connectivity index (χ0) is 18.4. The van der Waals surface area contributed by atoms with Crippen molar-refractivity contribution in [2.24, 2.45) is 11.5 Å². The second-order valence-corrected chi connectivity index (χ2v) is 8.79. The molecule has 2 atom stereocenters. The maximum atomic E-state index is 6.24. The van der Waals surface area contributed by atoms with Crippen molar-refractivity contribution in [1.82, 2.24) is 4.98 Å². The van der Waals surface area contributed by atoms with Crippen LogP contribution in [0.5, 0.6) is 0 Å². The summed E-state index contributed by atoms with van der Waals surface area (Å²) in [5.74, 6) is 0.899. The van der Waals surface area contributed by atoms with Gasteiger partial charge in [0.25, 0.3) is 0 Å². The number of piperidine rings is 1. The van der Waals surface area contributed by atoms with E-state index in [1.54, 1.807) is 11.8 Å². The van der Waals surface area contributed by atoms with E-state index in [-0.39, 0.29) is 11.4 Å². The van der Waals surface area contributed by atoms with Crippen LogP contribution in [0.4, 0.5) is 11.4 Å². The normalized spacial score (nSPS) is 27.7. The third-order valence-electron chi connectivity index (χ3n) is 5.29. The molecule has 1 saturated heterocycles. The highest BCUT2D eigenvalue weighted by Gasteiger charge is 2.32. The van der Waals surface area contributed by atoms with Gasteiger partial charge in [-0.2, -0.15) is 0 Å². The molecule has 0 radical (unpaired) electrons. The summed E-state index contributed by atoms with van der Waals surface area (Å²) >= 11 is 1.67. The van der Waals surface area contributed by atoms with Crippen LogP contribution in [0.1, 0.15) is 25.7 Å². The molecule has 2 fully saturated rings. The quantitative estimate of drug-likeness (QED) is 0.827. The lowest BCUT2D eigenvalue weighted by Crippen LogP contribution is -2.43. The second-order valence-electron chi connectivity index (χ2n) is 7.57. The Kier molecular flexibility index (Phi) is 4.38. The van der Waals surface area contributed by atoms with Crippen LogP contribution < -0.4 is 21.3 Å². The van der Waals surface area contributed by atoms with Gasteiger partial charge in [-0.25, -0.2) is 0 Å². The van der Waals surface area contributed by atoms with Gasteiger partial charge in [0, 0.05) is 30.2 Å². The standard InChI is InChI=1S/C20H25N5OS/c21-13-2-1-7-24(11-13)16-5-6-23-10-18(16)25-12-15(26-14-3-4-14)8-19-17(25)9-20(22)27-19/h5-6,8-10,12-14,20H,1-4,7,11,21-22H2. The van der Waals surface area contributed by atoms with Crippen molar-refractivity contribution in [3.8, 4) is 0 Å². The van der Waals surface area contributed by atoms with E-state index in [4.69, 9.17) is 16.2 Å². The van der Waals surface area contributed by atoms with Crippen molar-refractivity contribution in [2.45, 2.75) is 43.2 Å². The first-order chi connectivity index (χ1) is 13.2. The first-order valence-corrected chi connectivity index (χ1v) is 10.5. The molecular weight excluding hydrogens is 358 g/mol. The third kappa shape index (κ3) is 3.47. The fourth-order valence-electron chi connectivity index (χ4n) is 3.85. The van der Waals surface area contributed by atoms with Gasteiger partial charge in [-0.15, -0.1) is 11.8 Å². The van der Waals surface area contributed by atoms with Crippen LogP contribution in [0.2, 0.25) is 0 Å². The van der Waals surface area contributed by atoms with Crippen LogP contribution in [0.3, 0.4) is 0 Å². The Morgan fingerprint density at radius 3 is 2.89 bits per heavy atom. The lowest BCUT2D eigenvalue weighted by molar-refractivity contribution is 0.207. The molecule has 0 aromatic carbocycles. The molecule has 2 unspecified atom stereocenters. The maximum Gasteiger partial charge on any atom is 0.137 e. The predicted octanol–water partition coefficient (Wildman–Crippen LogP) is 2.65. The fraction of sp³-hybridized carbons (Fsp3) is 0.450. The second kappa shape index (κ2) is 6.89. The molecule has 6 nitrogen and oxygen atoms in total. The molecule has 1 saturated carbocycles. The topological polar surface area (TPSA) is 80.6 Å². The highest BCUT2D eigenvalue weighted by Crippen LogP contribution is 2.45. The van der Waals surface area contributed by atoms with Gasteiger partial charge in [-0.3, -0.25) is 4.98 Å². The van der Waals surface area contributed by atoms with Crippen LogP contribution in [0.15, 0.2) is 53.2 Å². The summed E-state index contributed by atoms with van der Waals surface area (Å²) in [6.07, 6.45) is 14.9. The van der Waals surface area contributed by atoms with Gasteiger partial charge in [0.2, 0.25) is 0 Å². The Morgan fingerprint density at radius 1 is 1.19 bits per heavy atom. The van der Waals surface area contributed by atoms with Crippen LogP contribution >= 0.6 is 11.8 Å². The summed E-state index contributed by atoms with van der Waals surface area (Å²) in [5.41, 5.74) is 15.8. The Labute approximate surface area is 163 Å². The number of hydrogen-bond acceptors (Lipinski definition) is 7. The lowest BCUT2D eigenvalue weighted by Gasteiger charge is -2.36. The van der Waals surface area contributed by atoms with E-state index in [0.29, 0.717) is 6.10 Å². The molecule has 4 heterocycles. The number of hydrogen-bond donors (Lipinski definition) is 2. The van der Waals surface area contributed by atoms with E-state index in [9.17, 15) is 0 Å². The number of pyridine rings is 1. The summed E-state index contributed by atoms with van der Waals surface area (Å²) in [4.78, 5) is 10.1. The van der Waals surface area contributed by atoms with E-state index in [1.807, 2.05) is 12.4 Å². The number of rotatable bonds is 4. The minimum atomic E-state index is -0.0362. The van der Waals surface area contributed by atoms with Gasteiger partial charge >= 0.3 is 0 Å². The Morgan fingerprint density at radius 2 is 2.07 bits per heavy atom. The number of ether oxygens (including phenoxy) is 1. The molecule has 27 heavy (non-hydrogen) atoms. The SMILES string of the molecule is NC1CCCN(c2ccncc2N2C=C(OC3CC3)C=C3SC(N)C=C32)C1. The monoisotopic (exact) mass is 383 g/mol. The van der Waals surface area contributed by atoms with E-state index < -0.39 is 0 Å². The molecule has 1 aliphatic carbocycles. The van der Waals surface area contributed by atoms with Crippen molar-refractivity contribution < 1.29 is 4.74 Å². The number of nitrogens with zero attached hydrogens (tertiary/aromatic N) is 3. The molecule has 4 aliphatic rings. The van der Waals surface area contributed by atoms with Gasteiger partial charge in [0.1, 0.15) is 5.76 Å². The number of fused-ring (bicyclic) bond motifs is 1. The Bertz CT molecular complexity index is 831. The van der Waals surface area contributed by atoms with Gasteiger partial charge < -0.3 is 26.0 Å². The van der Waals surface area contributed by atoms with Gasteiger partial charge in [0.15, 0.2) is 0 Å². The van der Waals surface area contributed by atoms with Crippen LogP contribution in [0, 0.1) is 0 Å². The number of allylic oxidation sites excluding steroid dienone is 1. The molecule has 3 aliphatic heterocycles. The van der Waals surface area contributed by atoms with Crippen LogP contribution in [0.25, 0.3) is 0 Å². The summed E-state index contributed by atoms with van der Waals surface area (Å²) in [5, 5.41) is -0.0362. The van der Waals surface area contributed by atoms with Crippen LogP contribution in [-0.2, 0) is 4.74 Å². The number of anilines is 2. The molecule has 0 spiro atoms. The minimum Gasteiger partial charge on any atom is -0.489 e. The number of thioether (sulfide) groups is 1. The van der Waals surface area contributed by atoms with Crippen molar-refractivity contribution >= 4 is 23.1 Å². The summed E-state index contributed by atoms with van der Waals surface area (Å²) in [6.45, 7) is 1.89. The molecule has 1 aromatic rings. The molecule has 5 rings (SSSR count). The van der Waals surface area contributed by atoms with Gasteiger partial charge in [-0.1, -0.05) is 0 Å². The highest BCUT2D eigenvalue weighted by atomic mass is 32.2. The Hall–Kier alpha value is -1.96. The van der Waals surface area contributed by atoms with Gasteiger partial charge in [0.05, 0.1) is 40.9 Å². The van der Waals surface area contributed by atoms with E-state index in [0.717, 1.165) is 66.5 Å². The first kappa shape index (κ1) is 17.2. The first-order valence-electron chi connectivity index (χ1n) is 9.66. The summed E-state index contributed by atoms with van der Waals surface area (Å²) < 4.78 is 6.11. The predicted molar refractivity (Wildman–Crippen MR) is 110 cm³/mol. The zero-order valence-corrected chi connectivity index (χ0v) is 16.1. The average molecular weight is 384 g/mol. The fourth-order valence-corrected chi connectivity index (χ4v) is 4.81. The third-order valence-corrected chi connectivity index (χ3v) is 6.28. The van der Waals surface area contributed by atoms with Crippen molar-refractivity contribution in [3.05, 3.63) is 53.2 Å². The number of aromatic nitrogens is 1. The van der Waals surface area contributed by atoms with Gasteiger partial charge in [-0.05, 0) is 43.9 Å². The van der Waals surface area contributed by atoms with E-state index in [2.05, 4.69) is 39.2 Å². The zero-order valence-electron chi connectivity index (χ0n) is 15.3. The highest BCUT2D eigenvalue weighted by molar-refractivity contribution is 8.04. The van der Waals surface area contributed by atoms with Crippen LogP contribution in [-0.4, -0.2) is 35.6 Å². The van der Waals surface area contributed by atoms with Crippen molar-refractivity contribution in [1.29, 1.82) is 0 Å². The maximum absolute atomic E-state index is 6.24. The summed E-state index contributed by atoms with van der Waals surface area (Å²) in [7, 11) is 0. The number of nitrogens with two attached hydrogens (primary N) is 2. The minimum absolute atomic E-state index is 0.0362. The molecular formula is C20H25N5OS. The van der Waals surface area contributed by atoms with E-state index in [1.165, 1.54) is 0 Å². The lowest BCUT2D eigenvalue weighted by atomic mass is 10.1. The molecule has 4 N–H and O–H groups in total. The Balaban J connectivity index is 1.53. The molecule has 0 amide bonds. The molecule has 0 bridgehead atoms. The smallest absolute Gasteiger partial charge is 0.137 e. The van der Waals surface area contributed by atoms with Crippen molar-refractivity contribution in [3.63, 3.8) is 0 Å². The van der Waals surface area contributed by atoms with Crippen molar-refractivity contribution in [2.75, 3.05) is 22.9 Å². The summed E-state index contributed by atoms with van der Waals surface area (Å²) in [6, 6.07) is 2.30. The largest absolute Gasteiger partial charge is 0.489 e. The molecule has 7 heteroatoms. The average Bonchev–Trinajstić information content (AvgIpc) is 3.39. The molecule has 1 aromatic heterocycles.